The van der Waals surface area contributed by atoms with Crippen LogP contribution in [-0.2, 0) is 6.54 Å². The van der Waals surface area contributed by atoms with Crippen molar-refractivity contribution in [3.8, 4) is 0 Å². The molecule has 2 N–H and O–H groups in total. The Kier molecular flexibility index (Phi) is 5.13. The summed E-state index contributed by atoms with van der Waals surface area (Å²) in [6.45, 7) is 6.59. The van der Waals surface area contributed by atoms with E-state index in [9.17, 15) is 10.2 Å². The number of aryl methyl sites for hydroxylation is 1. The monoisotopic (exact) mass is 278 g/mol. The van der Waals surface area contributed by atoms with E-state index in [2.05, 4.69) is 22.9 Å². The van der Waals surface area contributed by atoms with E-state index in [0.717, 1.165) is 38.0 Å². The molecule has 1 aliphatic heterocycles. The molecule has 0 aliphatic carbocycles. The second-order valence-corrected chi connectivity index (χ2v) is 6.02. The third-order valence-electron chi connectivity index (χ3n) is 4.64. The summed E-state index contributed by atoms with van der Waals surface area (Å²) in [5.74, 6) is 0. The lowest BCUT2D eigenvalue weighted by molar-refractivity contribution is -0.0803. The Morgan fingerprint density at radius 3 is 2.90 bits per heavy atom. The maximum atomic E-state index is 10.5. The van der Waals surface area contributed by atoms with Gasteiger partial charge < -0.3 is 10.2 Å². The molecule has 4 heteroatoms. The van der Waals surface area contributed by atoms with Gasteiger partial charge in [0.2, 0.25) is 0 Å². The summed E-state index contributed by atoms with van der Waals surface area (Å²) in [6.07, 6.45) is 4.11. The van der Waals surface area contributed by atoms with Crippen LogP contribution in [0.4, 0.5) is 0 Å². The van der Waals surface area contributed by atoms with Crippen molar-refractivity contribution in [3.63, 3.8) is 0 Å². The highest BCUT2D eigenvalue weighted by Gasteiger charge is 2.40. The second-order valence-electron chi connectivity index (χ2n) is 6.02. The van der Waals surface area contributed by atoms with Gasteiger partial charge in [-0.25, -0.2) is 0 Å². The highest BCUT2D eigenvalue weighted by atomic mass is 16.3. The van der Waals surface area contributed by atoms with Crippen molar-refractivity contribution in [3.05, 3.63) is 29.6 Å². The summed E-state index contributed by atoms with van der Waals surface area (Å²) in [4.78, 5) is 6.57. The van der Waals surface area contributed by atoms with Crippen molar-refractivity contribution in [2.45, 2.75) is 45.8 Å². The summed E-state index contributed by atoms with van der Waals surface area (Å²) in [7, 11) is 0. The molecule has 2 atom stereocenters. The van der Waals surface area contributed by atoms with Crippen molar-refractivity contribution >= 4 is 0 Å². The van der Waals surface area contributed by atoms with Crippen LogP contribution in [0.2, 0.25) is 0 Å². The number of piperidine rings is 1. The van der Waals surface area contributed by atoms with Gasteiger partial charge in [0, 0.05) is 30.4 Å². The Morgan fingerprint density at radius 2 is 2.30 bits per heavy atom. The van der Waals surface area contributed by atoms with Crippen LogP contribution in [0.5, 0.6) is 0 Å². The van der Waals surface area contributed by atoms with Crippen LogP contribution < -0.4 is 0 Å². The average molecular weight is 278 g/mol. The van der Waals surface area contributed by atoms with E-state index in [4.69, 9.17) is 0 Å². The Hall–Kier alpha value is -0.970. The van der Waals surface area contributed by atoms with Gasteiger partial charge in [-0.3, -0.25) is 9.88 Å². The Balaban J connectivity index is 2.00. The number of aliphatic hydroxyl groups is 2. The molecule has 0 spiro atoms. The molecule has 1 aliphatic rings. The largest absolute Gasteiger partial charge is 0.396 e. The van der Waals surface area contributed by atoms with E-state index >= 15 is 0 Å². The van der Waals surface area contributed by atoms with Crippen LogP contribution in [-0.4, -0.2) is 45.9 Å². The minimum atomic E-state index is -0.446. The first-order chi connectivity index (χ1) is 9.61. The molecule has 1 saturated heterocycles. The summed E-state index contributed by atoms with van der Waals surface area (Å²) in [5.41, 5.74) is 1.97. The predicted octanol–water partition coefficient (Wildman–Crippen LogP) is 1.74. The summed E-state index contributed by atoms with van der Waals surface area (Å²) < 4.78 is 0. The Morgan fingerprint density at radius 1 is 1.50 bits per heavy atom. The number of nitrogens with zero attached hydrogens (tertiary/aromatic N) is 2. The lowest BCUT2D eigenvalue weighted by Crippen LogP contribution is -2.52. The molecule has 0 aromatic carbocycles. The molecule has 112 valence electrons. The first-order valence-corrected chi connectivity index (χ1v) is 7.53. The Bertz CT molecular complexity index is 438. The van der Waals surface area contributed by atoms with E-state index in [0.29, 0.717) is 6.54 Å². The minimum Gasteiger partial charge on any atom is -0.396 e. The van der Waals surface area contributed by atoms with Gasteiger partial charge in [0.15, 0.2) is 0 Å². The van der Waals surface area contributed by atoms with Crippen molar-refractivity contribution in [1.29, 1.82) is 0 Å². The van der Waals surface area contributed by atoms with Gasteiger partial charge in [-0.05, 0) is 37.9 Å². The van der Waals surface area contributed by atoms with E-state index in [1.165, 1.54) is 5.56 Å². The lowest BCUT2D eigenvalue weighted by Gasteiger charge is -2.44. The maximum absolute atomic E-state index is 10.5. The fourth-order valence-electron chi connectivity index (χ4n) is 3.20. The Labute approximate surface area is 121 Å². The van der Waals surface area contributed by atoms with Crippen LogP contribution >= 0.6 is 0 Å². The molecular weight excluding hydrogens is 252 g/mol. The second kappa shape index (κ2) is 6.66. The smallest absolute Gasteiger partial charge is 0.0745 e. The SMILES string of the molecule is CCC[C@]1(CO)CCN(Cc2cccnc2C)C[C@H]1O. The van der Waals surface area contributed by atoms with Crippen molar-refractivity contribution in [2.75, 3.05) is 19.7 Å². The van der Waals surface area contributed by atoms with Gasteiger partial charge >= 0.3 is 0 Å². The van der Waals surface area contributed by atoms with Crippen molar-refractivity contribution < 1.29 is 10.2 Å². The summed E-state index contributed by atoms with van der Waals surface area (Å²) in [5, 5.41) is 20.1. The molecule has 0 radical (unpaired) electrons. The van der Waals surface area contributed by atoms with E-state index in [1.807, 2.05) is 19.2 Å². The minimum absolute atomic E-state index is 0.0851. The zero-order chi connectivity index (χ0) is 14.6. The molecule has 2 rings (SSSR count). The van der Waals surface area contributed by atoms with E-state index in [1.54, 1.807) is 0 Å². The fourth-order valence-corrected chi connectivity index (χ4v) is 3.20. The standard InChI is InChI=1S/C16H26N2O2/c1-3-6-16(12-19)7-9-18(11-15(16)20)10-14-5-4-8-17-13(14)2/h4-5,8,15,19-20H,3,6-7,9-12H2,1-2H3/t15-,16-/m1/s1. The number of hydrogen-bond acceptors (Lipinski definition) is 4. The number of pyridine rings is 1. The normalized spacial score (nSPS) is 27.7. The number of likely N-dealkylation sites (tertiary alicyclic amines) is 1. The number of β-amino-alcohol motifs (C(OH)–C–C–N with tert-alkyl or cyclic N) is 1. The van der Waals surface area contributed by atoms with Gasteiger partial charge in [0.1, 0.15) is 0 Å². The number of rotatable bonds is 5. The zero-order valence-corrected chi connectivity index (χ0v) is 12.5. The van der Waals surface area contributed by atoms with Gasteiger partial charge in [-0.15, -0.1) is 0 Å². The summed E-state index contributed by atoms with van der Waals surface area (Å²) >= 11 is 0. The van der Waals surface area contributed by atoms with Crippen LogP contribution in [0.1, 0.15) is 37.4 Å². The number of hydrogen-bond donors (Lipinski definition) is 2. The highest BCUT2D eigenvalue weighted by molar-refractivity contribution is 5.18. The predicted molar refractivity (Wildman–Crippen MR) is 79.3 cm³/mol. The van der Waals surface area contributed by atoms with E-state index in [-0.39, 0.29) is 12.0 Å². The molecule has 1 aromatic heterocycles. The molecular formula is C16H26N2O2. The van der Waals surface area contributed by atoms with Crippen molar-refractivity contribution in [1.82, 2.24) is 9.88 Å². The third-order valence-corrected chi connectivity index (χ3v) is 4.64. The van der Waals surface area contributed by atoms with E-state index < -0.39 is 6.10 Å². The van der Waals surface area contributed by atoms with Crippen LogP contribution in [0, 0.1) is 12.3 Å². The van der Waals surface area contributed by atoms with Gasteiger partial charge in [-0.1, -0.05) is 19.4 Å². The summed E-state index contributed by atoms with van der Waals surface area (Å²) in [6, 6.07) is 4.05. The molecule has 1 aromatic rings. The molecule has 0 saturated carbocycles. The molecule has 0 amide bonds. The number of aromatic nitrogens is 1. The zero-order valence-electron chi connectivity index (χ0n) is 12.5. The van der Waals surface area contributed by atoms with Gasteiger partial charge in [0.05, 0.1) is 12.7 Å². The molecule has 2 heterocycles. The molecule has 20 heavy (non-hydrogen) atoms. The third kappa shape index (κ3) is 3.19. The average Bonchev–Trinajstić information content (AvgIpc) is 2.45. The first-order valence-electron chi connectivity index (χ1n) is 7.53. The quantitative estimate of drug-likeness (QED) is 0.861. The first kappa shape index (κ1) is 15.4. The molecule has 1 fully saturated rings. The lowest BCUT2D eigenvalue weighted by atomic mass is 9.73. The van der Waals surface area contributed by atoms with Crippen LogP contribution in [0.15, 0.2) is 18.3 Å². The van der Waals surface area contributed by atoms with Crippen LogP contribution in [0.3, 0.4) is 0 Å². The molecule has 4 nitrogen and oxygen atoms in total. The van der Waals surface area contributed by atoms with Gasteiger partial charge in [0.25, 0.3) is 0 Å². The molecule has 0 unspecified atom stereocenters. The highest BCUT2D eigenvalue weighted by Crippen LogP contribution is 2.36. The van der Waals surface area contributed by atoms with Crippen molar-refractivity contribution in [2.24, 2.45) is 5.41 Å². The van der Waals surface area contributed by atoms with Gasteiger partial charge in [-0.2, -0.15) is 0 Å². The number of aliphatic hydroxyl groups excluding tert-OH is 2. The fraction of sp³-hybridized carbons (Fsp3) is 0.688. The topological polar surface area (TPSA) is 56.6 Å². The van der Waals surface area contributed by atoms with Crippen LogP contribution in [0.25, 0.3) is 0 Å². The maximum Gasteiger partial charge on any atom is 0.0745 e. The molecule has 0 bridgehead atoms.